The van der Waals surface area contributed by atoms with Crippen LogP contribution in [0.2, 0.25) is 0 Å². The third-order valence-electron chi connectivity index (χ3n) is 2.52. The first-order chi connectivity index (χ1) is 8.43. The summed E-state index contributed by atoms with van der Waals surface area (Å²) in [6.07, 6.45) is 0. The predicted molar refractivity (Wildman–Crippen MR) is 73.1 cm³/mol. The summed E-state index contributed by atoms with van der Waals surface area (Å²) in [6, 6.07) is 1.54. The topological polar surface area (TPSA) is 72.6 Å². The fourth-order valence-electron chi connectivity index (χ4n) is 1.55. The van der Waals surface area contributed by atoms with E-state index in [9.17, 15) is 8.42 Å². The summed E-state index contributed by atoms with van der Waals surface area (Å²) < 4.78 is 31.6. The summed E-state index contributed by atoms with van der Waals surface area (Å²) in [4.78, 5) is 0. The number of methoxy groups -OCH3 is 1. The molecule has 1 rings (SSSR count). The molecule has 0 fully saturated rings. The highest BCUT2D eigenvalue weighted by molar-refractivity contribution is 7.91. The van der Waals surface area contributed by atoms with Crippen LogP contribution in [0.5, 0.6) is 0 Å². The van der Waals surface area contributed by atoms with Crippen molar-refractivity contribution in [3.63, 3.8) is 0 Å². The summed E-state index contributed by atoms with van der Waals surface area (Å²) in [5, 5.41) is 1.78. The molecule has 0 saturated carbocycles. The lowest BCUT2D eigenvalue weighted by molar-refractivity contribution is 0.171. The summed E-state index contributed by atoms with van der Waals surface area (Å²) in [7, 11) is -1.89. The average molecular weight is 292 g/mol. The van der Waals surface area contributed by atoms with Crippen LogP contribution in [0.15, 0.2) is 15.7 Å². The van der Waals surface area contributed by atoms with Crippen LogP contribution in [0.1, 0.15) is 19.4 Å². The zero-order valence-electron chi connectivity index (χ0n) is 10.9. The molecule has 5 nitrogen and oxygen atoms in total. The summed E-state index contributed by atoms with van der Waals surface area (Å²) in [6.45, 7) is 4.79. The Morgan fingerprint density at radius 3 is 2.61 bits per heavy atom. The SMILES string of the molecule is COCCN(C(C)C)S(=O)(=O)c1cc(CN)cs1. The van der Waals surface area contributed by atoms with Crippen molar-refractivity contribution in [1.82, 2.24) is 4.31 Å². The van der Waals surface area contributed by atoms with E-state index in [4.69, 9.17) is 10.5 Å². The van der Waals surface area contributed by atoms with E-state index in [2.05, 4.69) is 0 Å². The van der Waals surface area contributed by atoms with E-state index >= 15 is 0 Å². The Balaban J connectivity index is 3.00. The molecular weight excluding hydrogens is 272 g/mol. The van der Waals surface area contributed by atoms with Crippen molar-refractivity contribution in [2.75, 3.05) is 20.3 Å². The summed E-state index contributed by atoms with van der Waals surface area (Å²) in [5.41, 5.74) is 6.34. The zero-order valence-corrected chi connectivity index (χ0v) is 12.6. The second-order valence-electron chi connectivity index (χ2n) is 4.18. The van der Waals surface area contributed by atoms with E-state index in [-0.39, 0.29) is 6.04 Å². The van der Waals surface area contributed by atoms with Crippen LogP contribution in [0.3, 0.4) is 0 Å². The average Bonchev–Trinajstić information content (AvgIpc) is 2.77. The normalized spacial score (nSPS) is 12.6. The van der Waals surface area contributed by atoms with Gasteiger partial charge in [-0.15, -0.1) is 11.3 Å². The van der Waals surface area contributed by atoms with Crippen LogP contribution in [0, 0.1) is 0 Å². The van der Waals surface area contributed by atoms with E-state index in [1.807, 2.05) is 13.8 Å². The molecule has 0 bridgehead atoms. The molecule has 1 aromatic rings. The quantitative estimate of drug-likeness (QED) is 0.821. The Morgan fingerprint density at radius 2 is 2.17 bits per heavy atom. The number of thiophene rings is 1. The van der Waals surface area contributed by atoms with Gasteiger partial charge in [0.15, 0.2) is 0 Å². The molecule has 18 heavy (non-hydrogen) atoms. The molecule has 0 aliphatic rings. The van der Waals surface area contributed by atoms with Gasteiger partial charge in [-0.2, -0.15) is 4.31 Å². The molecule has 0 aromatic carbocycles. The van der Waals surface area contributed by atoms with Gasteiger partial charge in [-0.25, -0.2) is 8.42 Å². The minimum atomic E-state index is -3.45. The molecule has 7 heteroatoms. The lowest BCUT2D eigenvalue weighted by Crippen LogP contribution is -2.38. The van der Waals surface area contributed by atoms with Crippen molar-refractivity contribution in [2.45, 2.75) is 30.6 Å². The van der Waals surface area contributed by atoms with Crippen LogP contribution in [-0.4, -0.2) is 39.0 Å². The highest BCUT2D eigenvalue weighted by Crippen LogP contribution is 2.25. The maximum Gasteiger partial charge on any atom is 0.252 e. The Bertz CT molecular complexity index is 468. The van der Waals surface area contributed by atoms with Gasteiger partial charge in [0.25, 0.3) is 10.0 Å². The van der Waals surface area contributed by atoms with Crippen LogP contribution >= 0.6 is 11.3 Å². The van der Waals surface area contributed by atoms with Gasteiger partial charge in [-0.3, -0.25) is 0 Å². The van der Waals surface area contributed by atoms with Crippen molar-refractivity contribution in [1.29, 1.82) is 0 Å². The molecule has 0 aliphatic carbocycles. The monoisotopic (exact) mass is 292 g/mol. The molecule has 0 spiro atoms. The fraction of sp³-hybridized carbons (Fsp3) is 0.636. The lowest BCUT2D eigenvalue weighted by Gasteiger charge is -2.24. The van der Waals surface area contributed by atoms with Crippen molar-refractivity contribution >= 4 is 21.4 Å². The molecule has 0 aliphatic heterocycles. The Morgan fingerprint density at radius 1 is 1.50 bits per heavy atom. The molecular formula is C11H20N2O3S2. The molecule has 0 amide bonds. The van der Waals surface area contributed by atoms with Gasteiger partial charge in [0.05, 0.1) is 6.61 Å². The maximum absolute atomic E-state index is 12.4. The number of nitrogens with two attached hydrogens (primary N) is 1. The standard InChI is InChI=1S/C11H20N2O3S2/c1-9(2)13(4-5-16-3)18(14,15)11-6-10(7-12)8-17-11/h6,8-9H,4-5,7,12H2,1-3H3. The lowest BCUT2D eigenvalue weighted by atomic mass is 10.4. The van der Waals surface area contributed by atoms with Crippen LogP contribution < -0.4 is 5.73 Å². The van der Waals surface area contributed by atoms with Gasteiger partial charge in [-0.1, -0.05) is 0 Å². The van der Waals surface area contributed by atoms with Gasteiger partial charge in [0.2, 0.25) is 0 Å². The number of nitrogens with zero attached hydrogens (tertiary/aromatic N) is 1. The van der Waals surface area contributed by atoms with Gasteiger partial charge >= 0.3 is 0 Å². The highest BCUT2D eigenvalue weighted by Gasteiger charge is 2.27. The van der Waals surface area contributed by atoms with Gasteiger partial charge in [0.1, 0.15) is 4.21 Å². The largest absolute Gasteiger partial charge is 0.383 e. The van der Waals surface area contributed by atoms with E-state index in [1.165, 1.54) is 15.6 Å². The number of rotatable bonds is 7. The minimum absolute atomic E-state index is 0.103. The van der Waals surface area contributed by atoms with Crippen LogP contribution in [-0.2, 0) is 21.3 Å². The van der Waals surface area contributed by atoms with Gasteiger partial charge in [0, 0.05) is 26.2 Å². The van der Waals surface area contributed by atoms with Crippen LogP contribution in [0.25, 0.3) is 0 Å². The minimum Gasteiger partial charge on any atom is -0.383 e. The third kappa shape index (κ3) is 3.52. The van der Waals surface area contributed by atoms with Crippen molar-refractivity contribution in [3.8, 4) is 0 Å². The second kappa shape index (κ2) is 6.63. The van der Waals surface area contributed by atoms with E-state index in [1.54, 1.807) is 18.6 Å². The first-order valence-corrected chi connectivity index (χ1v) is 8.03. The zero-order chi connectivity index (χ0) is 13.8. The molecule has 104 valence electrons. The maximum atomic E-state index is 12.4. The predicted octanol–water partition coefficient (Wildman–Crippen LogP) is 1.25. The highest BCUT2D eigenvalue weighted by atomic mass is 32.2. The molecule has 2 N–H and O–H groups in total. The van der Waals surface area contributed by atoms with Crippen molar-refractivity contribution in [2.24, 2.45) is 5.73 Å². The van der Waals surface area contributed by atoms with Crippen molar-refractivity contribution in [3.05, 3.63) is 17.0 Å². The second-order valence-corrected chi connectivity index (χ2v) is 7.21. The van der Waals surface area contributed by atoms with Crippen molar-refractivity contribution < 1.29 is 13.2 Å². The van der Waals surface area contributed by atoms with Gasteiger partial charge < -0.3 is 10.5 Å². The number of hydrogen-bond acceptors (Lipinski definition) is 5. The molecule has 0 atom stereocenters. The molecule has 1 aromatic heterocycles. The number of hydrogen-bond donors (Lipinski definition) is 1. The molecule has 0 saturated heterocycles. The first-order valence-electron chi connectivity index (χ1n) is 5.71. The van der Waals surface area contributed by atoms with E-state index < -0.39 is 10.0 Å². The van der Waals surface area contributed by atoms with E-state index in [0.717, 1.165) is 5.56 Å². The molecule has 1 heterocycles. The van der Waals surface area contributed by atoms with Gasteiger partial charge in [-0.05, 0) is 30.9 Å². The number of sulfonamides is 1. The Labute approximate surface area is 113 Å². The summed E-state index contributed by atoms with van der Waals surface area (Å²) in [5.74, 6) is 0. The van der Waals surface area contributed by atoms with E-state index in [0.29, 0.717) is 23.9 Å². The Kier molecular flexibility index (Phi) is 5.74. The fourth-order valence-corrected chi connectivity index (χ4v) is 4.52. The summed E-state index contributed by atoms with van der Waals surface area (Å²) >= 11 is 1.21. The smallest absolute Gasteiger partial charge is 0.252 e. The first kappa shape index (κ1) is 15.6. The third-order valence-corrected chi connectivity index (χ3v) is 6.06. The molecule has 0 unspecified atom stereocenters. The Hall–Kier alpha value is -0.470. The molecule has 0 radical (unpaired) electrons. The van der Waals surface area contributed by atoms with Crippen LogP contribution in [0.4, 0.5) is 0 Å². The number of ether oxygens (including phenoxy) is 1.